The molecule has 1 heterocycles. The molecular weight excluding hydrogens is 198 g/mol. The lowest BCUT2D eigenvalue weighted by Gasteiger charge is -2.46. The van der Waals surface area contributed by atoms with Gasteiger partial charge in [-0.2, -0.15) is 0 Å². The summed E-state index contributed by atoms with van der Waals surface area (Å²) >= 11 is 0. The van der Waals surface area contributed by atoms with E-state index in [0.717, 1.165) is 19.6 Å². The fraction of sp³-hybridized carbons (Fsp3) is 0.923. The van der Waals surface area contributed by atoms with Crippen LogP contribution in [0.25, 0.3) is 4.85 Å². The monoisotopic (exact) mass is 223 g/mol. The van der Waals surface area contributed by atoms with Crippen LogP contribution in [-0.2, 0) is 0 Å². The third-order valence-corrected chi connectivity index (χ3v) is 3.31. The molecule has 1 atom stereocenters. The highest BCUT2D eigenvalue weighted by atomic mass is 15.4. The van der Waals surface area contributed by atoms with Crippen LogP contribution in [0.3, 0.4) is 0 Å². The van der Waals surface area contributed by atoms with Crippen LogP contribution in [0.1, 0.15) is 41.5 Å². The molecular formula is C13H25N3. The van der Waals surface area contributed by atoms with Crippen molar-refractivity contribution in [2.45, 2.75) is 58.8 Å². The second-order valence-corrected chi connectivity index (χ2v) is 6.59. The first-order valence-corrected chi connectivity index (χ1v) is 6.04. The highest BCUT2D eigenvalue weighted by Crippen LogP contribution is 2.25. The van der Waals surface area contributed by atoms with Gasteiger partial charge in [-0.25, -0.2) is 11.5 Å². The number of nitrogens with zero attached hydrogens (tertiary/aromatic N) is 3. The van der Waals surface area contributed by atoms with E-state index in [9.17, 15) is 0 Å². The van der Waals surface area contributed by atoms with Crippen LogP contribution >= 0.6 is 0 Å². The standard InChI is InChI=1S/C13H25N3/c1-12(2,3)15-8-9-16(13(4,5)6)11(10-15)14-7/h11H,8-10H2,1-6H3. The molecule has 3 heteroatoms. The van der Waals surface area contributed by atoms with E-state index in [2.05, 4.69) is 56.2 Å². The number of piperazine rings is 1. The van der Waals surface area contributed by atoms with E-state index in [1.54, 1.807) is 0 Å². The molecule has 3 nitrogen and oxygen atoms in total. The molecule has 1 aliphatic rings. The fourth-order valence-electron chi connectivity index (χ4n) is 2.27. The van der Waals surface area contributed by atoms with E-state index in [-0.39, 0.29) is 17.2 Å². The van der Waals surface area contributed by atoms with Crippen LogP contribution in [0.4, 0.5) is 0 Å². The van der Waals surface area contributed by atoms with Crippen molar-refractivity contribution in [3.8, 4) is 0 Å². The summed E-state index contributed by atoms with van der Waals surface area (Å²) in [6, 6.07) is 0. The van der Waals surface area contributed by atoms with Gasteiger partial charge in [-0.05, 0) is 41.5 Å². The summed E-state index contributed by atoms with van der Waals surface area (Å²) in [5.74, 6) is 0. The van der Waals surface area contributed by atoms with Gasteiger partial charge in [0.1, 0.15) is 0 Å². The maximum Gasteiger partial charge on any atom is 0.292 e. The molecule has 0 aromatic heterocycles. The minimum Gasteiger partial charge on any atom is -0.295 e. The topological polar surface area (TPSA) is 10.8 Å². The van der Waals surface area contributed by atoms with Gasteiger partial charge < -0.3 is 0 Å². The number of hydrogen-bond acceptors (Lipinski definition) is 2. The first-order chi connectivity index (χ1) is 7.16. The van der Waals surface area contributed by atoms with Crippen molar-refractivity contribution in [1.82, 2.24) is 9.80 Å². The zero-order valence-corrected chi connectivity index (χ0v) is 11.5. The van der Waals surface area contributed by atoms with Crippen LogP contribution in [0, 0.1) is 6.57 Å². The Labute approximate surface area is 100 Å². The first-order valence-electron chi connectivity index (χ1n) is 6.04. The Morgan fingerprint density at radius 2 is 1.56 bits per heavy atom. The van der Waals surface area contributed by atoms with Crippen molar-refractivity contribution in [2.24, 2.45) is 0 Å². The van der Waals surface area contributed by atoms with Crippen LogP contribution in [0.2, 0.25) is 0 Å². The lowest BCUT2D eigenvalue weighted by molar-refractivity contribution is -0.00616. The molecule has 0 spiro atoms. The zero-order chi connectivity index (χ0) is 12.6. The Morgan fingerprint density at radius 3 is 1.94 bits per heavy atom. The van der Waals surface area contributed by atoms with E-state index in [1.165, 1.54) is 0 Å². The highest BCUT2D eigenvalue weighted by molar-refractivity contribution is 4.96. The van der Waals surface area contributed by atoms with Gasteiger partial charge in [0.15, 0.2) is 0 Å². The van der Waals surface area contributed by atoms with Crippen molar-refractivity contribution in [1.29, 1.82) is 0 Å². The minimum atomic E-state index is 0.00738. The molecule has 1 fully saturated rings. The summed E-state index contributed by atoms with van der Waals surface area (Å²) in [7, 11) is 0. The van der Waals surface area contributed by atoms with Crippen LogP contribution in [0.15, 0.2) is 0 Å². The largest absolute Gasteiger partial charge is 0.295 e. The molecule has 16 heavy (non-hydrogen) atoms. The van der Waals surface area contributed by atoms with Gasteiger partial charge in [-0.15, -0.1) is 0 Å². The third kappa shape index (κ3) is 2.96. The van der Waals surface area contributed by atoms with Gasteiger partial charge in [0.05, 0.1) is 6.54 Å². The fourth-order valence-corrected chi connectivity index (χ4v) is 2.27. The normalized spacial score (nSPS) is 25.4. The molecule has 0 N–H and O–H groups in total. The van der Waals surface area contributed by atoms with Crippen LogP contribution in [-0.4, -0.2) is 46.7 Å². The predicted molar refractivity (Wildman–Crippen MR) is 68.2 cm³/mol. The van der Waals surface area contributed by atoms with Gasteiger partial charge in [0.2, 0.25) is 0 Å². The molecule has 1 rings (SSSR count). The number of hydrogen-bond donors (Lipinski definition) is 0. The Balaban J connectivity index is 2.77. The average molecular weight is 223 g/mol. The molecule has 0 amide bonds. The Morgan fingerprint density at radius 1 is 1.00 bits per heavy atom. The highest BCUT2D eigenvalue weighted by Gasteiger charge is 2.40. The van der Waals surface area contributed by atoms with E-state index in [0.29, 0.717) is 0 Å². The van der Waals surface area contributed by atoms with Gasteiger partial charge in [-0.3, -0.25) is 9.74 Å². The minimum absolute atomic E-state index is 0.00738. The summed E-state index contributed by atoms with van der Waals surface area (Å²) < 4.78 is 0. The molecule has 0 aromatic rings. The molecule has 1 unspecified atom stereocenters. The van der Waals surface area contributed by atoms with Crippen molar-refractivity contribution in [3.63, 3.8) is 0 Å². The second-order valence-electron chi connectivity index (χ2n) is 6.59. The maximum atomic E-state index is 7.36. The molecule has 0 aromatic carbocycles. The smallest absolute Gasteiger partial charge is 0.292 e. The van der Waals surface area contributed by atoms with Crippen molar-refractivity contribution < 1.29 is 0 Å². The third-order valence-electron chi connectivity index (χ3n) is 3.31. The van der Waals surface area contributed by atoms with Crippen LogP contribution < -0.4 is 0 Å². The van der Waals surface area contributed by atoms with Gasteiger partial charge in [0.25, 0.3) is 6.17 Å². The summed E-state index contributed by atoms with van der Waals surface area (Å²) in [6.45, 7) is 23.5. The Bertz CT molecular complexity index is 277. The summed E-state index contributed by atoms with van der Waals surface area (Å²) in [5, 5.41) is 0. The molecule has 1 aliphatic heterocycles. The van der Waals surface area contributed by atoms with Gasteiger partial charge >= 0.3 is 0 Å². The van der Waals surface area contributed by atoms with Crippen molar-refractivity contribution in [2.75, 3.05) is 19.6 Å². The molecule has 0 bridgehead atoms. The first kappa shape index (κ1) is 13.5. The van der Waals surface area contributed by atoms with E-state index in [1.807, 2.05) is 0 Å². The maximum absolute atomic E-state index is 7.36. The molecule has 0 aliphatic carbocycles. The Kier molecular flexibility index (Phi) is 3.66. The van der Waals surface area contributed by atoms with Gasteiger partial charge in [0, 0.05) is 24.2 Å². The van der Waals surface area contributed by atoms with E-state index in [4.69, 9.17) is 6.57 Å². The Hall–Kier alpha value is -0.590. The SMILES string of the molecule is [C-]#[N+]C1CN(C(C)(C)C)CCN1C(C)(C)C. The average Bonchev–Trinajstić information content (AvgIpc) is 2.14. The van der Waals surface area contributed by atoms with Crippen molar-refractivity contribution in [3.05, 3.63) is 11.4 Å². The molecule has 0 radical (unpaired) electrons. The lowest BCUT2D eigenvalue weighted by atomic mass is 10.00. The predicted octanol–water partition coefficient (Wildman–Crippen LogP) is 2.45. The molecule has 92 valence electrons. The molecule has 0 saturated carbocycles. The zero-order valence-electron chi connectivity index (χ0n) is 11.5. The number of rotatable bonds is 0. The van der Waals surface area contributed by atoms with Crippen LogP contribution in [0.5, 0.6) is 0 Å². The summed E-state index contributed by atoms with van der Waals surface area (Å²) in [4.78, 5) is 8.53. The summed E-state index contributed by atoms with van der Waals surface area (Å²) in [5.41, 5.74) is 0.270. The molecule has 1 saturated heterocycles. The van der Waals surface area contributed by atoms with E-state index >= 15 is 0 Å². The van der Waals surface area contributed by atoms with Gasteiger partial charge in [-0.1, -0.05) is 0 Å². The summed E-state index contributed by atoms with van der Waals surface area (Å²) in [6.07, 6.45) is 0.00738. The quantitative estimate of drug-likeness (QED) is 0.584. The van der Waals surface area contributed by atoms with Crippen molar-refractivity contribution >= 4 is 0 Å². The second kappa shape index (κ2) is 4.35. The van der Waals surface area contributed by atoms with E-state index < -0.39 is 0 Å². The lowest BCUT2D eigenvalue weighted by Crippen LogP contribution is -2.61.